The molecule has 0 saturated carbocycles. The van der Waals surface area contributed by atoms with Crippen LogP contribution in [0, 0.1) is 0 Å². The molecule has 0 aliphatic heterocycles. The summed E-state index contributed by atoms with van der Waals surface area (Å²) in [7, 11) is -3.21. The number of benzene rings is 1. The van der Waals surface area contributed by atoms with Gasteiger partial charge in [0, 0.05) is 22.3 Å². The van der Waals surface area contributed by atoms with Gasteiger partial charge in [-0.05, 0) is 50.6 Å². The van der Waals surface area contributed by atoms with Gasteiger partial charge in [0.2, 0.25) is 0 Å². The summed E-state index contributed by atoms with van der Waals surface area (Å²) in [5.41, 5.74) is 0.849. The largest absolute Gasteiger partial charge is 0.312 e. The Bertz CT molecular complexity index is 571. The molecule has 0 aliphatic rings. The zero-order chi connectivity index (χ0) is 15.6. The van der Waals surface area contributed by atoms with Gasteiger partial charge in [-0.25, -0.2) is 8.42 Å². The third-order valence-electron chi connectivity index (χ3n) is 3.68. The molecule has 1 rings (SSSR count). The van der Waals surface area contributed by atoms with Crippen molar-refractivity contribution < 1.29 is 8.42 Å². The number of hydrogen-bond donors (Lipinski definition) is 1. The number of hydrogen-bond acceptors (Lipinski definition) is 3. The minimum atomic E-state index is -3.21. The molecule has 0 spiro atoms. The normalized spacial score (nSPS) is 14.3. The Morgan fingerprint density at radius 3 is 2.40 bits per heavy atom. The van der Waals surface area contributed by atoms with Gasteiger partial charge in [0.25, 0.3) is 0 Å². The number of halogens is 2. The van der Waals surface area contributed by atoms with Crippen molar-refractivity contribution in [3.63, 3.8) is 0 Å². The Hall–Kier alpha value is -0.290. The highest BCUT2D eigenvalue weighted by atomic mass is 35.5. The Kier molecular flexibility index (Phi) is 5.90. The lowest BCUT2D eigenvalue weighted by molar-refractivity contribution is 0.413. The van der Waals surface area contributed by atoms with E-state index < -0.39 is 14.6 Å². The van der Waals surface area contributed by atoms with Crippen LogP contribution in [-0.4, -0.2) is 32.0 Å². The van der Waals surface area contributed by atoms with Gasteiger partial charge in [0.15, 0.2) is 9.84 Å². The summed E-state index contributed by atoms with van der Waals surface area (Å²) in [4.78, 5) is 0. The zero-order valence-electron chi connectivity index (χ0n) is 12.2. The van der Waals surface area contributed by atoms with E-state index in [1.165, 1.54) is 6.26 Å². The van der Waals surface area contributed by atoms with Crippen LogP contribution in [0.1, 0.15) is 26.3 Å². The summed E-state index contributed by atoms with van der Waals surface area (Å²) in [6.07, 6.45) is 1.77. The van der Waals surface area contributed by atoms with Crippen LogP contribution in [-0.2, 0) is 16.3 Å². The Labute approximate surface area is 131 Å². The molecule has 1 N–H and O–H groups in total. The molecule has 0 fully saturated rings. The van der Waals surface area contributed by atoms with E-state index in [0.717, 1.165) is 5.56 Å². The standard InChI is InChI=1S/C14H21Cl2NO2S/c1-5-17-13(14(2,3)20(4,18)19)9-10-8-11(15)6-7-12(10)16/h6-8,13,17H,5,9H2,1-4H3. The molecular formula is C14H21Cl2NO2S. The van der Waals surface area contributed by atoms with Crippen LogP contribution in [0.25, 0.3) is 0 Å². The van der Waals surface area contributed by atoms with E-state index in [4.69, 9.17) is 23.2 Å². The predicted molar refractivity (Wildman–Crippen MR) is 86.6 cm³/mol. The molecule has 6 heteroatoms. The third-order valence-corrected chi connectivity index (χ3v) is 6.48. The second-order valence-corrected chi connectivity index (χ2v) is 8.87. The van der Waals surface area contributed by atoms with Crippen molar-refractivity contribution in [2.75, 3.05) is 12.8 Å². The second kappa shape index (κ2) is 6.65. The van der Waals surface area contributed by atoms with Crippen LogP contribution in [0.5, 0.6) is 0 Å². The first-order chi connectivity index (χ1) is 9.09. The maximum atomic E-state index is 12.0. The van der Waals surface area contributed by atoms with Crippen molar-refractivity contribution in [3.8, 4) is 0 Å². The maximum Gasteiger partial charge on any atom is 0.154 e. The lowest BCUT2D eigenvalue weighted by Gasteiger charge is -2.33. The predicted octanol–water partition coefficient (Wildman–Crippen LogP) is 3.34. The van der Waals surface area contributed by atoms with Gasteiger partial charge >= 0.3 is 0 Å². The van der Waals surface area contributed by atoms with Crippen LogP contribution >= 0.6 is 23.2 Å². The molecule has 0 aromatic heterocycles. The van der Waals surface area contributed by atoms with Crippen LogP contribution < -0.4 is 5.32 Å². The molecule has 1 atom stereocenters. The van der Waals surface area contributed by atoms with E-state index in [0.29, 0.717) is 23.0 Å². The molecule has 1 aromatic rings. The highest BCUT2D eigenvalue weighted by molar-refractivity contribution is 7.92. The molecular weight excluding hydrogens is 317 g/mol. The summed E-state index contributed by atoms with van der Waals surface area (Å²) in [5.74, 6) is 0. The minimum Gasteiger partial charge on any atom is -0.312 e. The van der Waals surface area contributed by atoms with Crippen molar-refractivity contribution in [2.45, 2.75) is 38.0 Å². The van der Waals surface area contributed by atoms with Crippen molar-refractivity contribution in [1.82, 2.24) is 5.32 Å². The first kappa shape index (κ1) is 17.8. The molecule has 0 radical (unpaired) electrons. The molecule has 0 amide bonds. The summed E-state index contributed by atoms with van der Waals surface area (Å²) in [6.45, 7) is 6.09. The first-order valence-corrected chi connectivity index (χ1v) is 9.11. The van der Waals surface area contributed by atoms with Crippen molar-refractivity contribution >= 4 is 33.0 Å². The highest BCUT2D eigenvalue weighted by Crippen LogP contribution is 2.27. The first-order valence-electron chi connectivity index (χ1n) is 6.46. The van der Waals surface area contributed by atoms with Crippen molar-refractivity contribution in [2.24, 2.45) is 0 Å². The van der Waals surface area contributed by atoms with Gasteiger partial charge in [-0.15, -0.1) is 0 Å². The van der Waals surface area contributed by atoms with Gasteiger partial charge < -0.3 is 5.32 Å². The average Bonchev–Trinajstić information content (AvgIpc) is 2.31. The fraction of sp³-hybridized carbons (Fsp3) is 0.571. The number of sulfone groups is 1. The van der Waals surface area contributed by atoms with Gasteiger partial charge in [-0.2, -0.15) is 0 Å². The van der Waals surface area contributed by atoms with Gasteiger partial charge in [-0.3, -0.25) is 0 Å². The fourth-order valence-corrected chi connectivity index (χ4v) is 3.06. The van der Waals surface area contributed by atoms with E-state index in [9.17, 15) is 8.42 Å². The quantitative estimate of drug-likeness (QED) is 0.865. The molecule has 0 heterocycles. The van der Waals surface area contributed by atoms with E-state index in [2.05, 4.69) is 5.32 Å². The highest BCUT2D eigenvalue weighted by Gasteiger charge is 2.38. The van der Waals surface area contributed by atoms with E-state index in [-0.39, 0.29) is 6.04 Å². The van der Waals surface area contributed by atoms with E-state index in [1.807, 2.05) is 6.92 Å². The van der Waals surface area contributed by atoms with Gasteiger partial charge in [0.1, 0.15) is 0 Å². The molecule has 1 aromatic carbocycles. The molecule has 114 valence electrons. The minimum absolute atomic E-state index is 0.238. The van der Waals surface area contributed by atoms with Crippen LogP contribution in [0.15, 0.2) is 18.2 Å². The summed E-state index contributed by atoms with van der Waals surface area (Å²) >= 11 is 12.2. The number of likely N-dealkylation sites (N-methyl/N-ethyl adjacent to an activating group) is 1. The molecule has 0 saturated heterocycles. The lowest BCUT2D eigenvalue weighted by Crippen LogP contribution is -2.52. The summed E-state index contributed by atoms with van der Waals surface area (Å²) in [5, 5.41) is 4.44. The van der Waals surface area contributed by atoms with Crippen LogP contribution in [0.3, 0.4) is 0 Å². The third kappa shape index (κ3) is 4.10. The molecule has 1 unspecified atom stereocenters. The number of rotatable bonds is 6. The lowest BCUT2D eigenvalue weighted by atomic mass is 9.95. The second-order valence-electron chi connectivity index (χ2n) is 5.43. The van der Waals surface area contributed by atoms with Gasteiger partial charge in [-0.1, -0.05) is 30.1 Å². The van der Waals surface area contributed by atoms with Crippen LogP contribution in [0.4, 0.5) is 0 Å². The molecule has 0 bridgehead atoms. The summed E-state index contributed by atoms with van der Waals surface area (Å²) in [6, 6.07) is 5.00. The van der Waals surface area contributed by atoms with E-state index >= 15 is 0 Å². The SMILES string of the molecule is CCNC(Cc1cc(Cl)ccc1Cl)C(C)(C)S(C)(=O)=O. The fourth-order valence-electron chi connectivity index (χ4n) is 1.99. The average molecular weight is 338 g/mol. The van der Waals surface area contributed by atoms with Crippen molar-refractivity contribution in [1.29, 1.82) is 0 Å². The Morgan fingerprint density at radius 1 is 1.30 bits per heavy atom. The Balaban J connectivity index is 3.13. The van der Waals surface area contributed by atoms with Crippen LogP contribution in [0.2, 0.25) is 10.0 Å². The van der Waals surface area contributed by atoms with Crippen molar-refractivity contribution in [3.05, 3.63) is 33.8 Å². The van der Waals surface area contributed by atoms with E-state index in [1.54, 1.807) is 32.0 Å². The molecule has 0 aliphatic carbocycles. The Morgan fingerprint density at radius 2 is 1.90 bits per heavy atom. The molecule has 3 nitrogen and oxygen atoms in total. The monoisotopic (exact) mass is 337 g/mol. The zero-order valence-corrected chi connectivity index (χ0v) is 14.5. The maximum absolute atomic E-state index is 12.0. The van der Waals surface area contributed by atoms with Gasteiger partial charge in [0.05, 0.1) is 4.75 Å². The molecule has 20 heavy (non-hydrogen) atoms. The summed E-state index contributed by atoms with van der Waals surface area (Å²) < 4.78 is 23.1. The topological polar surface area (TPSA) is 46.2 Å². The smallest absolute Gasteiger partial charge is 0.154 e. The number of nitrogens with one attached hydrogen (secondary N) is 1.